The fraction of sp³-hybridized carbons (Fsp3) is 0.474. The lowest BCUT2D eigenvalue weighted by Gasteiger charge is -2.33. The predicted octanol–water partition coefficient (Wildman–Crippen LogP) is 2.36. The first-order valence-corrected chi connectivity index (χ1v) is 8.81. The Hall–Kier alpha value is -2.34. The van der Waals surface area contributed by atoms with Crippen molar-refractivity contribution in [3.8, 4) is 5.69 Å². The van der Waals surface area contributed by atoms with Crippen LogP contribution in [-0.4, -0.2) is 50.6 Å². The number of urea groups is 1. The molecule has 2 N–H and O–H groups in total. The summed E-state index contributed by atoms with van der Waals surface area (Å²) in [6, 6.07) is 9.85. The Balaban J connectivity index is 1.50. The number of carbonyl (C=O) groups is 1. The summed E-state index contributed by atoms with van der Waals surface area (Å²) in [5.41, 5.74) is 1.32. The molecule has 0 bridgehead atoms. The topological polar surface area (TPSA) is 70.4 Å². The fourth-order valence-electron chi connectivity index (χ4n) is 3.40. The molecule has 0 radical (unpaired) electrons. The van der Waals surface area contributed by atoms with Crippen LogP contribution in [0.3, 0.4) is 0 Å². The van der Waals surface area contributed by atoms with E-state index in [4.69, 9.17) is 0 Å². The van der Waals surface area contributed by atoms with Gasteiger partial charge in [-0.25, -0.2) is 9.48 Å². The second kappa shape index (κ2) is 7.27. The molecule has 0 aliphatic carbocycles. The average molecular weight is 342 g/mol. The Morgan fingerprint density at radius 3 is 2.76 bits per heavy atom. The van der Waals surface area contributed by atoms with Crippen LogP contribution in [0.25, 0.3) is 5.69 Å². The van der Waals surface area contributed by atoms with Crippen molar-refractivity contribution in [2.75, 3.05) is 13.1 Å². The molecule has 2 amide bonds. The van der Waals surface area contributed by atoms with Crippen LogP contribution in [0.2, 0.25) is 0 Å². The summed E-state index contributed by atoms with van der Waals surface area (Å²) < 4.78 is 1.82. The molecule has 6 heteroatoms. The van der Waals surface area contributed by atoms with Crippen LogP contribution >= 0.6 is 0 Å². The summed E-state index contributed by atoms with van der Waals surface area (Å²) in [4.78, 5) is 14.2. The normalized spacial score (nSPS) is 17.7. The van der Waals surface area contributed by atoms with Crippen molar-refractivity contribution < 1.29 is 9.90 Å². The molecule has 1 saturated heterocycles. The number of nitrogens with one attached hydrogen (secondary N) is 1. The van der Waals surface area contributed by atoms with E-state index in [9.17, 15) is 9.90 Å². The average Bonchev–Trinajstić information content (AvgIpc) is 3.26. The minimum atomic E-state index is -0.865. The molecule has 0 spiro atoms. The van der Waals surface area contributed by atoms with Crippen LogP contribution in [0.5, 0.6) is 0 Å². The number of nitrogens with zero attached hydrogens (tertiary/aromatic N) is 3. The highest BCUT2D eigenvalue weighted by molar-refractivity contribution is 5.75. The maximum Gasteiger partial charge on any atom is 0.317 e. The third-order valence-corrected chi connectivity index (χ3v) is 4.72. The number of rotatable bonds is 5. The zero-order valence-corrected chi connectivity index (χ0v) is 14.9. The molecule has 25 heavy (non-hydrogen) atoms. The fourth-order valence-corrected chi connectivity index (χ4v) is 3.40. The van der Waals surface area contributed by atoms with Crippen LogP contribution < -0.4 is 5.32 Å². The summed E-state index contributed by atoms with van der Waals surface area (Å²) in [5, 5.41) is 17.4. The molecule has 1 fully saturated rings. The van der Waals surface area contributed by atoms with Gasteiger partial charge < -0.3 is 15.3 Å². The van der Waals surface area contributed by atoms with Crippen LogP contribution in [0.15, 0.2) is 42.7 Å². The molecular weight excluding hydrogens is 316 g/mol. The SMILES string of the molecule is CC(C)(O)C1CCCN1C(=O)NCCc1ccc(-n2cccn2)cc1. The van der Waals surface area contributed by atoms with E-state index >= 15 is 0 Å². The Labute approximate surface area is 148 Å². The molecule has 134 valence electrons. The highest BCUT2D eigenvalue weighted by atomic mass is 16.3. The number of benzene rings is 1. The summed E-state index contributed by atoms with van der Waals surface area (Å²) in [5.74, 6) is 0. The van der Waals surface area contributed by atoms with Crippen molar-refractivity contribution >= 4 is 6.03 Å². The first-order valence-electron chi connectivity index (χ1n) is 8.81. The number of amides is 2. The molecule has 3 rings (SSSR count). The molecule has 1 unspecified atom stereocenters. The van der Waals surface area contributed by atoms with Gasteiger partial charge in [0.1, 0.15) is 0 Å². The third-order valence-electron chi connectivity index (χ3n) is 4.72. The van der Waals surface area contributed by atoms with Gasteiger partial charge in [-0.2, -0.15) is 5.10 Å². The van der Waals surface area contributed by atoms with Gasteiger partial charge in [-0.1, -0.05) is 12.1 Å². The standard InChI is InChI=1S/C19H26N4O2/c1-19(2,25)17-5-3-13-22(17)18(24)20-12-10-15-6-8-16(9-7-15)23-14-4-11-21-23/h4,6-9,11,14,17,25H,3,5,10,12-13H2,1-2H3,(H,20,24). The van der Waals surface area contributed by atoms with Gasteiger partial charge in [0.05, 0.1) is 17.3 Å². The Kier molecular flexibility index (Phi) is 5.08. The third kappa shape index (κ3) is 4.20. The van der Waals surface area contributed by atoms with Gasteiger partial charge >= 0.3 is 6.03 Å². The van der Waals surface area contributed by atoms with Crippen LogP contribution in [-0.2, 0) is 6.42 Å². The molecule has 2 aromatic rings. The van der Waals surface area contributed by atoms with Crippen LogP contribution in [0, 0.1) is 0 Å². The van der Waals surface area contributed by atoms with Gasteiger partial charge in [0.25, 0.3) is 0 Å². The van der Waals surface area contributed by atoms with Gasteiger partial charge in [-0.15, -0.1) is 0 Å². The molecule has 1 aromatic carbocycles. The Morgan fingerprint density at radius 2 is 2.12 bits per heavy atom. The van der Waals surface area contributed by atoms with E-state index in [-0.39, 0.29) is 12.1 Å². The second-order valence-corrected chi connectivity index (χ2v) is 7.10. The lowest BCUT2D eigenvalue weighted by Crippen LogP contribution is -2.51. The predicted molar refractivity (Wildman–Crippen MR) is 96.7 cm³/mol. The minimum absolute atomic E-state index is 0.0854. The number of aromatic nitrogens is 2. The molecule has 2 heterocycles. The molecule has 1 aliphatic heterocycles. The van der Waals surface area contributed by atoms with Gasteiger partial charge in [0.15, 0.2) is 0 Å². The van der Waals surface area contributed by atoms with Crippen molar-refractivity contribution in [1.82, 2.24) is 20.0 Å². The maximum absolute atomic E-state index is 12.4. The first-order chi connectivity index (χ1) is 11.9. The number of aliphatic hydroxyl groups is 1. The summed E-state index contributed by atoms with van der Waals surface area (Å²) in [6.45, 7) is 4.82. The van der Waals surface area contributed by atoms with Crippen LogP contribution in [0.1, 0.15) is 32.3 Å². The van der Waals surface area contributed by atoms with Crippen molar-refractivity contribution in [3.05, 3.63) is 48.3 Å². The van der Waals surface area contributed by atoms with E-state index in [2.05, 4.69) is 22.5 Å². The second-order valence-electron chi connectivity index (χ2n) is 7.10. The molecule has 1 aromatic heterocycles. The van der Waals surface area contributed by atoms with Gasteiger partial charge in [-0.05, 0) is 56.9 Å². The van der Waals surface area contributed by atoms with Gasteiger partial charge in [0, 0.05) is 25.5 Å². The van der Waals surface area contributed by atoms with Crippen molar-refractivity contribution in [1.29, 1.82) is 0 Å². The maximum atomic E-state index is 12.4. The summed E-state index contributed by atoms with van der Waals surface area (Å²) in [7, 11) is 0. The molecule has 0 saturated carbocycles. The van der Waals surface area contributed by atoms with E-state index in [1.165, 1.54) is 0 Å². The lowest BCUT2D eigenvalue weighted by atomic mass is 9.97. The number of carbonyl (C=O) groups excluding carboxylic acids is 1. The van der Waals surface area contributed by atoms with Crippen molar-refractivity contribution in [3.63, 3.8) is 0 Å². The lowest BCUT2D eigenvalue weighted by molar-refractivity contribution is 0.00986. The summed E-state index contributed by atoms with van der Waals surface area (Å²) >= 11 is 0. The zero-order valence-electron chi connectivity index (χ0n) is 14.9. The van der Waals surface area contributed by atoms with E-state index in [1.54, 1.807) is 24.9 Å². The monoisotopic (exact) mass is 342 g/mol. The molecule has 1 aliphatic rings. The zero-order chi connectivity index (χ0) is 17.9. The van der Waals surface area contributed by atoms with Crippen molar-refractivity contribution in [2.24, 2.45) is 0 Å². The number of hydrogen-bond acceptors (Lipinski definition) is 3. The Morgan fingerprint density at radius 1 is 1.36 bits per heavy atom. The van der Waals surface area contributed by atoms with E-state index < -0.39 is 5.60 Å². The first kappa shape index (κ1) is 17.5. The number of hydrogen-bond donors (Lipinski definition) is 2. The molecule has 6 nitrogen and oxygen atoms in total. The highest BCUT2D eigenvalue weighted by Crippen LogP contribution is 2.26. The van der Waals surface area contributed by atoms with E-state index in [0.29, 0.717) is 13.1 Å². The van der Waals surface area contributed by atoms with E-state index in [1.807, 2.05) is 29.1 Å². The minimum Gasteiger partial charge on any atom is -0.388 e. The molecular formula is C19H26N4O2. The molecule has 1 atom stereocenters. The largest absolute Gasteiger partial charge is 0.388 e. The highest BCUT2D eigenvalue weighted by Gasteiger charge is 2.38. The quantitative estimate of drug-likeness (QED) is 0.876. The van der Waals surface area contributed by atoms with E-state index in [0.717, 1.165) is 30.5 Å². The summed E-state index contributed by atoms with van der Waals surface area (Å²) in [6.07, 6.45) is 6.22. The van der Waals surface area contributed by atoms with Crippen molar-refractivity contribution in [2.45, 2.75) is 44.8 Å². The van der Waals surface area contributed by atoms with Gasteiger partial charge in [0.2, 0.25) is 0 Å². The van der Waals surface area contributed by atoms with Crippen LogP contribution in [0.4, 0.5) is 4.79 Å². The Bertz CT molecular complexity index is 689. The smallest absolute Gasteiger partial charge is 0.317 e. The number of likely N-dealkylation sites (tertiary alicyclic amines) is 1. The van der Waals surface area contributed by atoms with Gasteiger partial charge in [-0.3, -0.25) is 0 Å².